The average Bonchev–Trinajstić information content (AvgIpc) is 2.68. The zero-order valence-electron chi connectivity index (χ0n) is 15.8. The van der Waals surface area contributed by atoms with E-state index in [2.05, 4.69) is 4.40 Å². The molecule has 0 aromatic heterocycles. The van der Waals surface area contributed by atoms with Gasteiger partial charge in [-0.25, -0.2) is 4.79 Å². The van der Waals surface area contributed by atoms with Crippen LogP contribution in [-0.4, -0.2) is 31.5 Å². The first-order valence-electron chi connectivity index (χ1n) is 8.63. The topological polar surface area (TPSA) is 85.3 Å². The summed E-state index contributed by atoms with van der Waals surface area (Å²) in [5.41, 5.74) is 1.59. The molecule has 0 N–H and O–H groups in total. The third-order valence-electron chi connectivity index (χ3n) is 4.19. The molecule has 9 heteroatoms. The Kier molecular flexibility index (Phi) is 6.24. The van der Waals surface area contributed by atoms with E-state index >= 15 is 0 Å². The average molecular weight is 435 g/mol. The molecule has 152 valence electrons. The Hall–Kier alpha value is -2.84. The molecule has 7 nitrogen and oxygen atoms in total. The molecule has 0 saturated carbocycles. The van der Waals surface area contributed by atoms with Crippen LogP contribution in [0.15, 0.2) is 64.7 Å². The molecule has 1 heterocycles. The summed E-state index contributed by atoms with van der Waals surface area (Å²) in [5.74, 6) is -0.00852. The van der Waals surface area contributed by atoms with Crippen molar-refractivity contribution in [3.63, 3.8) is 0 Å². The lowest BCUT2D eigenvalue weighted by Crippen LogP contribution is -2.31. The number of hydrogen-bond donors (Lipinski definition) is 0. The maximum Gasteiger partial charge on any atom is 0.344 e. The summed E-state index contributed by atoms with van der Waals surface area (Å²) in [5, 5.41) is 0.532. The van der Waals surface area contributed by atoms with Gasteiger partial charge in [-0.3, -0.25) is 4.31 Å². The van der Waals surface area contributed by atoms with E-state index in [9.17, 15) is 13.2 Å². The van der Waals surface area contributed by atoms with Gasteiger partial charge in [0.2, 0.25) is 0 Å². The summed E-state index contributed by atoms with van der Waals surface area (Å²) < 4.78 is 39.9. The van der Waals surface area contributed by atoms with E-state index in [1.807, 2.05) is 0 Å². The molecule has 0 spiro atoms. The minimum atomic E-state index is -3.94. The Morgan fingerprint density at radius 1 is 1.14 bits per heavy atom. The minimum Gasteiger partial charge on any atom is -0.497 e. The van der Waals surface area contributed by atoms with Gasteiger partial charge >= 0.3 is 16.2 Å². The van der Waals surface area contributed by atoms with Crippen LogP contribution < -0.4 is 4.74 Å². The van der Waals surface area contributed by atoms with E-state index < -0.39 is 16.2 Å². The summed E-state index contributed by atoms with van der Waals surface area (Å²) >= 11 is 5.93. The fourth-order valence-electron chi connectivity index (χ4n) is 2.67. The van der Waals surface area contributed by atoms with Crippen LogP contribution in [0, 0.1) is 0 Å². The predicted octanol–water partition coefficient (Wildman–Crippen LogP) is 3.50. The molecule has 0 fully saturated rings. The molecule has 3 rings (SSSR count). The highest BCUT2D eigenvalue weighted by molar-refractivity contribution is 7.88. The molecule has 0 unspecified atom stereocenters. The summed E-state index contributed by atoms with van der Waals surface area (Å²) in [7, 11) is -2.39. The number of ether oxygens (including phenoxy) is 2. The van der Waals surface area contributed by atoms with Crippen molar-refractivity contribution in [1.82, 2.24) is 4.31 Å². The van der Waals surface area contributed by atoms with Gasteiger partial charge in [0.05, 0.1) is 24.9 Å². The standard InChI is InChI=1S/C20H19ClN2O5S/c1-14-19(20(24)28-13-16-4-3-5-17(21)10-16)12-23(29(25,26)22-14)11-15-6-8-18(27-2)9-7-15/h3-10,12H,11,13H2,1-2H3. The molecule has 0 radical (unpaired) electrons. The number of hydrogen-bond acceptors (Lipinski definition) is 5. The second-order valence-corrected chi connectivity index (χ2v) is 8.28. The zero-order valence-corrected chi connectivity index (χ0v) is 17.4. The number of halogens is 1. The Morgan fingerprint density at radius 2 is 1.86 bits per heavy atom. The van der Waals surface area contributed by atoms with Crippen molar-refractivity contribution in [3.05, 3.63) is 76.5 Å². The first-order valence-corrected chi connectivity index (χ1v) is 10.4. The van der Waals surface area contributed by atoms with Gasteiger partial charge in [0.15, 0.2) is 0 Å². The highest BCUT2D eigenvalue weighted by atomic mass is 35.5. The smallest absolute Gasteiger partial charge is 0.344 e. The number of carbonyl (C=O) groups is 1. The number of methoxy groups -OCH3 is 1. The van der Waals surface area contributed by atoms with Crippen molar-refractivity contribution in [2.24, 2.45) is 4.40 Å². The van der Waals surface area contributed by atoms with E-state index in [1.165, 1.54) is 13.1 Å². The monoisotopic (exact) mass is 434 g/mol. The molecular formula is C20H19ClN2O5S. The van der Waals surface area contributed by atoms with Gasteiger partial charge in [-0.15, -0.1) is 4.40 Å². The molecule has 0 atom stereocenters. The fraction of sp³-hybridized carbons (Fsp3) is 0.200. The van der Waals surface area contributed by atoms with E-state index in [1.54, 1.807) is 55.6 Å². The lowest BCUT2D eigenvalue weighted by molar-refractivity contribution is -0.139. The van der Waals surface area contributed by atoms with Crippen LogP contribution in [0.2, 0.25) is 5.02 Å². The van der Waals surface area contributed by atoms with Crippen molar-refractivity contribution >= 4 is 33.5 Å². The minimum absolute atomic E-state index is 0.00917. The number of benzene rings is 2. The first-order chi connectivity index (χ1) is 13.8. The highest BCUT2D eigenvalue weighted by Gasteiger charge is 2.29. The lowest BCUT2D eigenvalue weighted by Gasteiger charge is -2.23. The normalized spacial score (nSPS) is 15.3. The van der Waals surface area contributed by atoms with E-state index in [-0.39, 0.29) is 24.4 Å². The number of carbonyl (C=O) groups excluding carboxylic acids is 1. The first kappa shape index (κ1) is 20.9. The van der Waals surface area contributed by atoms with Crippen LogP contribution in [0.5, 0.6) is 5.75 Å². The maximum atomic E-state index is 12.5. The number of nitrogens with zero attached hydrogens (tertiary/aromatic N) is 2. The summed E-state index contributed by atoms with van der Waals surface area (Å²) in [6, 6.07) is 13.9. The Labute approximate surface area is 174 Å². The van der Waals surface area contributed by atoms with Crippen LogP contribution in [0.3, 0.4) is 0 Å². The van der Waals surface area contributed by atoms with Crippen molar-refractivity contribution in [1.29, 1.82) is 0 Å². The second kappa shape index (κ2) is 8.67. The van der Waals surface area contributed by atoms with Gasteiger partial charge < -0.3 is 9.47 Å². The SMILES string of the molecule is COc1ccc(CN2C=C(C(=O)OCc3cccc(Cl)c3)C(C)=NS2(=O)=O)cc1. The molecule has 1 aliphatic heterocycles. The second-order valence-electron chi connectivity index (χ2n) is 6.30. The molecule has 0 bridgehead atoms. The Morgan fingerprint density at radius 3 is 2.52 bits per heavy atom. The fourth-order valence-corrected chi connectivity index (χ4v) is 3.98. The number of rotatable bonds is 6. The Bertz CT molecular complexity index is 1080. The largest absolute Gasteiger partial charge is 0.497 e. The highest BCUT2D eigenvalue weighted by Crippen LogP contribution is 2.22. The molecular weight excluding hydrogens is 416 g/mol. The third-order valence-corrected chi connectivity index (χ3v) is 5.75. The maximum absolute atomic E-state index is 12.5. The summed E-state index contributed by atoms with van der Waals surface area (Å²) in [6.07, 6.45) is 1.25. The van der Waals surface area contributed by atoms with E-state index in [0.29, 0.717) is 16.3 Å². The van der Waals surface area contributed by atoms with Crippen LogP contribution in [0.4, 0.5) is 0 Å². The van der Waals surface area contributed by atoms with Crippen LogP contribution in [0.1, 0.15) is 18.1 Å². The van der Waals surface area contributed by atoms with Gasteiger partial charge in [-0.1, -0.05) is 35.9 Å². The lowest BCUT2D eigenvalue weighted by atomic mass is 10.2. The molecule has 0 saturated heterocycles. The Balaban J connectivity index is 1.77. The molecule has 2 aromatic rings. The molecule has 1 aliphatic rings. The van der Waals surface area contributed by atoms with Gasteiger partial charge in [0, 0.05) is 11.2 Å². The zero-order chi connectivity index (χ0) is 21.0. The summed E-state index contributed by atoms with van der Waals surface area (Å²) in [4.78, 5) is 12.5. The predicted molar refractivity (Wildman–Crippen MR) is 110 cm³/mol. The molecule has 2 aromatic carbocycles. The van der Waals surface area contributed by atoms with Gasteiger partial charge in [-0.05, 0) is 42.3 Å². The molecule has 0 amide bonds. The van der Waals surface area contributed by atoms with Crippen molar-refractivity contribution in [2.45, 2.75) is 20.1 Å². The van der Waals surface area contributed by atoms with E-state index in [0.717, 1.165) is 9.87 Å². The number of esters is 1. The van der Waals surface area contributed by atoms with Gasteiger partial charge in [0.1, 0.15) is 12.4 Å². The van der Waals surface area contributed by atoms with Gasteiger partial charge in [-0.2, -0.15) is 8.42 Å². The van der Waals surface area contributed by atoms with Crippen molar-refractivity contribution < 1.29 is 22.7 Å². The van der Waals surface area contributed by atoms with Gasteiger partial charge in [0.25, 0.3) is 0 Å². The van der Waals surface area contributed by atoms with Crippen LogP contribution in [-0.2, 0) is 32.9 Å². The molecule has 0 aliphatic carbocycles. The van der Waals surface area contributed by atoms with Crippen LogP contribution >= 0.6 is 11.6 Å². The van der Waals surface area contributed by atoms with E-state index in [4.69, 9.17) is 21.1 Å². The quantitative estimate of drug-likeness (QED) is 0.649. The van der Waals surface area contributed by atoms with Crippen LogP contribution in [0.25, 0.3) is 0 Å². The summed E-state index contributed by atoms with van der Waals surface area (Å²) in [6.45, 7) is 1.48. The molecule has 29 heavy (non-hydrogen) atoms. The van der Waals surface area contributed by atoms with Crippen molar-refractivity contribution in [3.8, 4) is 5.75 Å². The third kappa shape index (κ3) is 5.16. The van der Waals surface area contributed by atoms with Crippen molar-refractivity contribution in [2.75, 3.05) is 7.11 Å².